The molecule has 0 radical (unpaired) electrons. The normalized spacial score (nSPS) is 10.4. The second-order valence-electron chi connectivity index (χ2n) is 3.79. The van der Waals surface area contributed by atoms with Crippen LogP contribution in [0.1, 0.15) is 15.9 Å². The molecule has 0 amide bonds. The minimum atomic E-state index is 0.576. The first-order valence-corrected chi connectivity index (χ1v) is 4.97. The highest BCUT2D eigenvalue weighted by Crippen LogP contribution is 2.23. The van der Waals surface area contributed by atoms with Crippen LogP contribution in [0.25, 0.3) is 11.3 Å². The molecular formula is C12H13N3O. The molecule has 1 aromatic carbocycles. The van der Waals surface area contributed by atoms with Gasteiger partial charge in [-0.3, -0.25) is 9.48 Å². The third kappa shape index (κ3) is 1.69. The first-order chi connectivity index (χ1) is 7.61. The van der Waals surface area contributed by atoms with E-state index in [1.807, 2.05) is 25.1 Å². The quantitative estimate of drug-likeness (QED) is 0.777. The lowest BCUT2D eigenvalue weighted by Gasteiger charge is -2.02. The van der Waals surface area contributed by atoms with Crippen molar-refractivity contribution in [1.82, 2.24) is 9.78 Å². The van der Waals surface area contributed by atoms with Crippen LogP contribution in [0.15, 0.2) is 24.3 Å². The third-order valence-corrected chi connectivity index (χ3v) is 2.53. The number of rotatable bonds is 2. The molecule has 2 aromatic rings. The van der Waals surface area contributed by atoms with E-state index >= 15 is 0 Å². The van der Waals surface area contributed by atoms with Crippen LogP contribution in [0, 0.1) is 6.92 Å². The zero-order valence-electron chi connectivity index (χ0n) is 9.27. The standard InChI is InChI=1S/C12H13N3O/c1-8-3-4-10(9(5-8)7-16)11-6-12(13)15(2)14-11/h3-7H,13H2,1-2H3. The topological polar surface area (TPSA) is 60.9 Å². The lowest BCUT2D eigenvalue weighted by molar-refractivity contribution is 0.112. The van der Waals surface area contributed by atoms with Crippen molar-refractivity contribution in [2.24, 2.45) is 7.05 Å². The Labute approximate surface area is 93.7 Å². The molecule has 0 spiro atoms. The average Bonchev–Trinajstić information content (AvgIpc) is 2.59. The second-order valence-corrected chi connectivity index (χ2v) is 3.79. The molecule has 0 atom stereocenters. The van der Waals surface area contributed by atoms with Gasteiger partial charge in [0.25, 0.3) is 0 Å². The maximum Gasteiger partial charge on any atom is 0.150 e. The summed E-state index contributed by atoms with van der Waals surface area (Å²) < 4.78 is 1.59. The molecule has 0 aliphatic heterocycles. The Bertz CT molecular complexity index is 524. The van der Waals surface area contributed by atoms with E-state index in [0.717, 1.165) is 23.1 Å². The average molecular weight is 215 g/mol. The van der Waals surface area contributed by atoms with Crippen molar-refractivity contribution in [2.45, 2.75) is 6.92 Å². The number of aryl methyl sites for hydroxylation is 2. The Balaban J connectivity index is 2.59. The molecule has 0 aliphatic carbocycles. The van der Waals surface area contributed by atoms with E-state index < -0.39 is 0 Å². The fraction of sp³-hybridized carbons (Fsp3) is 0.167. The van der Waals surface area contributed by atoms with Gasteiger partial charge in [-0.25, -0.2) is 0 Å². The number of carbonyl (C=O) groups excluding carboxylic acids is 1. The number of carbonyl (C=O) groups is 1. The Hall–Kier alpha value is -2.10. The minimum Gasteiger partial charge on any atom is -0.384 e. The monoisotopic (exact) mass is 215 g/mol. The summed E-state index contributed by atoms with van der Waals surface area (Å²) in [5, 5.41) is 4.25. The molecule has 1 aromatic heterocycles. The van der Waals surface area contributed by atoms with Gasteiger partial charge < -0.3 is 5.73 Å². The maximum absolute atomic E-state index is 11.0. The van der Waals surface area contributed by atoms with Crippen molar-refractivity contribution in [3.63, 3.8) is 0 Å². The van der Waals surface area contributed by atoms with Crippen LogP contribution >= 0.6 is 0 Å². The highest BCUT2D eigenvalue weighted by molar-refractivity contribution is 5.87. The Morgan fingerprint density at radius 3 is 2.69 bits per heavy atom. The lowest BCUT2D eigenvalue weighted by Crippen LogP contribution is -1.96. The van der Waals surface area contributed by atoms with E-state index in [9.17, 15) is 4.79 Å². The Kier molecular flexibility index (Phi) is 2.48. The minimum absolute atomic E-state index is 0.576. The molecule has 1 heterocycles. The summed E-state index contributed by atoms with van der Waals surface area (Å²) in [4.78, 5) is 11.0. The number of nitrogens with zero attached hydrogens (tertiary/aromatic N) is 2. The van der Waals surface area contributed by atoms with E-state index in [2.05, 4.69) is 5.10 Å². The molecule has 2 N–H and O–H groups in total. The van der Waals surface area contributed by atoms with Crippen LogP contribution in [0.3, 0.4) is 0 Å². The third-order valence-electron chi connectivity index (χ3n) is 2.53. The summed E-state index contributed by atoms with van der Waals surface area (Å²) in [5.74, 6) is 0.576. The summed E-state index contributed by atoms with van der Waals surface area (Å²) in [6.07, 6.45) is 0.840. The molecule has 82 valence electrons. The first-order valence-electron chi connectivity index (χ1n) is 4.97. The fourth-order valence-corrected chi connectivity index (χ4v) is 1.63. The van der Waals surface area contributed by atoms with Gasteiger partial charge in [-0.05, 0) is 13.0 Å². The second kappa shape index (κ2) is 3.81. The van der Waals surface area contributed by atoms with E-state index in [0.29, 0.717) is 11.4 Å². The Morgan fingerprint density at radius 1 is 1.38 bits per heavy atom. The number of nitrogens with two attached hydrogens (primary N) is 1. The number of hydrogen-bond donors (Lipinski definition) is 1. The molecule has 2 rings (SSSR count). The van der Waals surface area contributed by atoms with Gasteiger partial charge in [0.2, 0.25) is 0 Å². The number of anilines is 1. The zero-order chi connectivity index (χ0) is 11.7. The number of benzene rings is 1. The smallest absolute Gasteiger partial charge is 0.150 e. The summed E-state index contributed by atoms with van der Waals surface area (Å²) >= 11 is 0. The van der Waals surface area contributed by atoms with Gasteiger partial charge in [-0.1, -0.05) is 17.7 Å². The number of hydrogen-bond acceptors (Lipinski definition) is 3. The molecule has 0 fully saturated rings. The van der Waals surface area contributed by atoms with Crippen molar-refractivity contribution < 1.29 is 4.79 Å². The van der Waals surface area contributed by atoms with Crippen LogP contribution in [0.5, 0.6) is 0 Å². The first kappa shape index (κ1) is 10.4. The summed E-state index contributed by atoms with van der Waals surface area (Å²) in [7, 11) is 1.77. The van der Waals surface area contributed by atoms with Crippen molar-refractivity contribution in [2.75, 3.05) is 5.73 Å². The lowest BCUT2D eigenvalue weighted by atomic mass is 10.0. The number of aldehydes is 1. The van der Waals surface area contributed by atoms with E-state index in [-0.39, 0.29) is 0 Å². The number of nitrogen functional groups attached to an aromatic ring is 1. The summed E-state index contributed by atoms with van der Waals surface area (Å²) in [5.41, 5.74) is 8.94. The van der Waals surface area contributed by atoms with E-state index in [4.69, 9.17) is 5.73 Å². The van der Waals surface area contributed by atoms with E-state index in [1.165, 1.54) is 0 Å². The fourth-order valence-electron chi connectivity index (χ4n) is 1.63. The molecule has 0 bridgehead atoms. The predicted molar refractivity (Wildman–Crippen MR) is 63.2 cm³/mol. The molecule has 16 heavy (non-hydrogen) atoms. The molecule has 0 saturated carbocycles. The predicted octanol–water partition coefficient (Wildman–Crippen LogP) is 1.79. The van der Waals surface area contributed by atoms with Gasteiger partial charge in [0.05, 0.1) is 5.69 Å². The van der Waals surface area contributed by atoms with Crippen LogP contribution in [0.2, 0.25) is 0 Å². The van der Waals surface area contributed by atoms with Gasteiger partial charge in [-0.15, -0.1) is 0 Å². The van der Waals surface area contributed by atoms with Crippen LogP contribution in [-0.2, 0) is 7.05 Å². The highest BCUT2D eigenvalue weighted by atomic mass is 16.1. The Morgan fingerprint density at radius 2 is 2.12 bits per heavy atom. The van der Waals surface area contributed by atoms with Crippen LogP contribution in [0.4, 0.5) is 5.82 Å². The molecule has 4 heteroatoms. The summed E-state index contributed by atoms with van der Waals surface area (Å²) in [6.45, 7) is 1.95. The van der Waals surface area contributed by atoms with Gasteiger partial charge in [-0.2, -0.15) is 5.10 Å². The van der Waals surface area contributed by atoms with Crippen molar-refractivity contribution in [1.29, 1.82) is 0 Å². The molecule has 0 saturated heterocycles. The van der Waals surface area contributed by atoms with Gasteiger partial charge in [0.15, 0.2) is 6.29 Å². The highest BCUT2D eigenvalue weighted by Gasteiger charge is 2.09. The summed E-state index contributed by atoms with van der Waals surface area (Å²) in [6, 6.07) is 7.44. The SMILES string of the molecule is Cc1ccc(-c2cc(N)n(C)n2)c(C=O)c1. The molecular weight excluding hydrogens is 202 g/mol. The molecule has 4 nitrogen and oxygen atoms in total. The van der Waals surface area contributed by atoms with Crippen molar-refractivity contribution in [3.05, 3.63) is 35.4 Å². The van der Waals surface area contributed by atoms with Gasteiger partial charge in [0.1, 0.15) is 5.82 Å². The van der Waals surface area contributed by atoms with Crippen LogP contribution in [-0.4, -0.2) is 16.1 Å². The molecule has 0 aliphatic rings. The zero-order valence-corrected chi connectivity index (χ0v) is 9.27. The number of aromatic nitrogens is 2. The largest absolute Gasteiger partial charge is 0.384 e. The molecule has 0 unspecified atom stereocenters. The maximum atomic E-state index is 11.0. The van der Waals surface area contributed by atoms with Gasteiger partial charge in [0, 0.05) is 24.2 Å². The van der Waals surface area contributed by atoms with Crippen molar-refractivity contribution in [3.8, 4) is 11.3 Å². The van der Waals surface area contributed by atoms with E-state index in [1.54, 1.807) is 17.8 Å². The van der Waals surface area contributed by atoms with Crippen molar-refractivity contribution >= 4 is 12.1 Å². The van der Waals surface area contributed by atoms with Crippen LogP contribution < -0.4 is 5.73 Å². The van der Waals surface area contributed by atoms with Gasteiger partial charge >= 0.3 is 0 Å².